The van der Waals surface area contributed by atoms with Crippen LogP contribution in [0.25, 0.3) is 0 Å². The highest BCUT2D eigenvalue weighted by Gasteiger charge is 2.22. The van der Waals surface area contributed by atoms with Crippen molar-refractivity contribution in [1.29, 1.82) is 0 Å². The van der Waals surface area contributed by atoms with Crippen molar-refractivity contribution in [3.8, 4) is 5.75 Å². The zero-order valence-electron chi connectivity index (χ0n) is 11.3. The van der Waals surface area contributed by atoms with E-state index in [9.17, 15) is 4.79 Å². The van der Waals surface area contributed by atoms with Crippen LogP contribution in [0.5, 0.6) is 5.75 Å². The van der Waals surface area contributed by atoms with Crippen molar-refractivity contribution in [2.24, 2.45) is 5.92 Å². The normalized spacial score (nSPS) is 22.4. The van der Waals surface area contributed by atoms with Crippen LogP contribution in [-0.2, 0) is 6.42 Å². The second kappa shape index (κ2) is 5.74. The third-order valence-electron chi connectivity index (χ3n) is 4.11. The van der Waals surface area contributed by atoms with Crippen molar-refractivity contribution in [1.82, 2.24) is 5.32 Å². The van der Waals surface area contributed by atoms with Gasteiger partial charge in [0.15, 0.2) is 5.78 Å². The fourth-order valence-corrected chi connectivity index (χ4v) is 3.08. The van der Waals surface area contributed by atoms with Crippen LogP contribution < -0.4 is 10.1 Å². The predicted octanol–water partition coefficient (Wildman–Crippen LogP) is 2.58. The number of para-hydroxylation sites is 1. The lowest BCUT2D eigenvalue weighted by Gasteiger charge is -2.23. The number of Topliss-reactive ketones (excluding diaryl/α,β-unsaturated/α-hetero) is 1. The van der Waals surface area contributed by atoms with E-state index in [0.717, 1.165) is 50.3 Å². The number of piperidine rings is 1. The summed E-state index contributed by atoms with van der Waals surface area (Å²) in [7, 11) is 0. The number of aryl methyl sites for hydroxylation is 1. The van der Waals surface area contributed by atoms with Crippen LogP contribution in [0.1, 0.15) is 41.6 Å². The molecule has 2 aliphatic heterocycles. The summed E-state index contributed by atoms with van der Waals surface area (Å²) in [5, 5.41) is 3.37. The fraction of sp³-hybridized carbons (Fsp3) is 0.562. The Kier molecular flexibility index (Phi) is 3.83. The molecule has 0 bridgehead atoms. The van der Waals surface area contributed by atoms with Gasteiger partial charge in [0.2, 0.25) is 0 Å². The van der Waals surface area contributed by atoms with Gasteiger partial charge in [0.25, 0.3) is 0 Å². The van der Waals surface area contributed by atoms with Crippen molar-refractivity contribution < 1.29 is 9.53 Å². The molecule has 3 nitrogen and oxygen atoms in total. The molecule has 0 spiro atoms. The number of carbonyl (C=O) groups excluding carboxylic acids is 1. The third-order valence-corrected chi connectivity index (χ3v) is 4.11. The molecule has 2 heterocycles. The minimum absolute atomic E-state index is 0.243. The number of hydrogen-bond acceptors (Lipinski definition) is 3. The van der Waals surface area contributed by atoms with Crippen LogP contribution in [0.4, 0.5) is 0 Å². The van der Waals surface area contributed by atoms with E-state index in [1.807, 2.05) is 12.1 Å². The molecule has 3 heteroatoms. The van der Waals surface area contributed by atoms with E-state index in [2.05, 4.69) is 11.4 Å². The van der Waals surface area contributed by atoms with Gasteiger partial charge >= 0.3 is 0 Å². The Hall–Kier alpha value is -1.35. The van der Waals surface area contributed by atoms with Gasteiger partial charge < -0.3 is 10.1 Å². The first-order valence-corrected chi connectivity index (χ1v) is 7.33. The summed E-state index contributed by atoms with van der Waals surface area (Å²) in [4.78, 5) is 12.5. The number of benzene rings is 1. The molecule has 1 N–H and O–H groups in total. The Labute approximate surface area is 114 Å². The average Bonchev–Trinajstić information content (AvgIpc) is 2.47. The molecule has 1 unspecified atom stereocenters. The van der Waals surface area contributed by atoms with Gasteiger partial charge in [-0.2, -0.15) is 0 Å². The van der Waals surface area contributed by atoms with E-state index in [0.29, 0.717) is 12.3 Å². The number of ether oxygens (including phenoxy) is 1. The number of hydrogen-bond donors (Lipinski definition) is 1. The van der Waals surface area contributed by atoms with Crippen LogP contribution in [0.2, 0.25) is 0 Å². The maximum Gasteiger partial charge on any atom is 0.166 e. The highest BCUT2D eigenvalue weighted by molar-refractivity contribution is 5.99. The summed E-state index contributed by atoms with van der Waals surface area (Å²) in [6.45, 7) is 2.80. The molecule has 102 valence electrons. The maximum absolute atomic E-state index is 12.5. The summed E-state index contributed by atoms with van der Waals surface area (Å²) < 4.78 is 5.73. The van der Waals surface area contributed by atoms with E-state index in [-0.39, 0.29) is 5.78 Å². The van der Waals surface area contributed by atoms with Crippen molar-refractivity contribution >= 4 is 5.78 Å². The average molecular weight is 259 g/mol. The van der Waals surface area contributed by atoms with E-state index in [1.165, 1.54) is 12.0 Å². The lowest BCUT2D eigenvalue weighted by Crippen LogP contribution is -2.31. The molecule has 0 saturated carbocycles. The van der Waals surface area contributed by atoms with Crippen molar-refractivity contribution in [2.75, 3.05) is 19.7 Å². The molecular weight excluding hydrogens is 238 g/mol. The van der Waals surface area contributed by atoms with Gasteiger partial charge in [0, 0.05) is 6.42 Å². The van der Waals surface area contributed by atoms with Crippen LogP contribution in [-0.4, -0.2) is 25.5 Å². The standard InChI is InChI=1S/C16H21NO2/c18-15(10-12-4-2-8-17-11-12)14-7-1-5-13-6-3-9-19-16(13)14/h1,5,7,12,17H,2-4,6,8-11H2. The smallest absolute Gasteiger partial charge is 0.166 e. The lowest BCUT2D eigenvalue weighted by molar-refractivity contribution is 0.0949. The Morgan fingerprint density at radius 3 is 3.16 bits per heavy atom. The zero-order valence-corrected chi connectivity index (χ0v) is 11.3. The third kappa shape index (κ3) is 2.81. The van der Waals surface area contributed by atoms with Crippen molar-refractivity contribution in [3.63, 3.8) is 0 Å². The molecule has 1 aromatic rings. The van der Waals surface area contributed by atoms with E-state index >= 15 is 0 Å². The predicted molar refractivity (Wildman–Crippen MR) is 74.8 cm³/mol. The molecule has 0 aromatic heterocycles. The van der Waals surface area contributed by atoms with Crippen LogP contribution >= 0.6 is 0 Å². The minimum atomic E-state index is 0.243. The fourth-order valence-electron chi connectivity index (χ4n) is 3.08. The molecule has 1 aromatic carbocycles. The van der Waals surface area contributed by atoms with Gasteiger partial charge in [0.1, 0.15) is 5.75 Å². The molecule has 3 rings (SSSR count). The summed E-state index contributed by atoms with van der Waals surface area (Å²) in [5.74, 6) is 1.58. The van der Waals surface area contributed by atoms with Crippen molar-refractivity contribution in [3.05, 3.63) is 29.3 Å². The highest BCUT2D eigenvalue weighted by atomic mass is 16.5. The second-order valence-corrected chi connectivity index (χ2v) is 5.59. The summed E-state index contributed by atoms with van der Waals surface area (Å²) in [5.41, 5.74) is 1.99. The van der Waals surface area contributed by atoms with Gasteiger partial charge in [-0.1, -0.05) is 12.1 Å². The second-order valence-electron chi connectivity index (χ2n) is 5.59. The van der Waals surface area contributed by atoms with Crippen LogP contribution in [0.15, 0.2) is 18.2 Å². The van der Waals surface area contributed by atoms with E-state index in [4.69, 9.17) is 4.74 Å². The minimum Gasteiger partial charge on any atom is -0.493 e. The quantitative estimate of drug-likeness (QED) is 0.848. The molecule has 2 aliphatic rings. The van der Waals surface area contributed by atoms with Gasteiger partial charge in [-0.25, -0.2) is 0 Å². The Bertz CT molecular complexity index is 464. The molecule has 0 amide bonds. The van der Waals surface area contributed by atoms with Crippen LogP contribution in [0.3, 0.4) is 0 Å². The summed E-state index contributed by atoms with van der Waals surface area (Å²) in [6.07, 6.45) is 5.07. The highest BCUT2D eigenvalue weighted by Crippen LogP contribution is 2.30. The molecule has 0 aliphatic carbocycles. The van der Waals surface area contributed by atoms with E-state index < -0.39 is 0 Å². The van der Waals surface area contributed by atoms with Gasteiger partial charge in [-0.15, -0.1) is 0 Å². The Morgan fingerprint density at radius 2 is 2.32 bits per heavy atom. The zero-order chi connectivity index (χ0) is 13.1. The number of fused-ring (bicyclic) bond motifs is 1. The van der Waals surface area contributed by atoms with Gasteiger partial charge in [-0.3, -0.25) is 4.79 Å². The molecule has 19 heavy (non-hydrogen) atoms. The topological polar surface area (TPSA) is 38.3 Å². The summed E-state index contributed by atoms with van der Waals surface area (Å²) >= 11 is 0. The number of rotatable bonds is 3. The van der Waals surface area contributed by atoms with Gasteiger partial charge in [0.05, 0.1) is 12.2 Å². The molecule has 0 radical (unpaired) electrons. The Morgan fingerprint density at radius 1 is 1.37 bits per heavy atom. The summed E-state index contributed by atoms with van der Waals surface area (Å²) in [6, 6.07) is 5.98. The maximum atomic E-state index is 12.5. The first-order valence-electron chi connectivity index (χ1n) is 7.33. The molecule has 1 fully saturated rings. The lowest BCUT2D eigenvalue weighted by atomic mass is 9.90. The number of carbonyl (C=O) groups is 1. The SMILES string of the molecule is O=C(CC1CCCNC1)c1cccc2c1OCCC2. The van der Waals surface area contributed by atoms with Crippen LogP contribution in [0, 0.1) is 5.92 Å². The Balaban J connectivity index is 1.75. The number of ketones is 1. The first-order chi connectivity index (χ1) is 9.34. The number of nitrogens with one attached hydrogen (secondary N) is 1. The molecule has 1 atom stereocenters. The largest absolute Gasteiger partial charge is 0.493 e. The van der Waals surface area contributed by atoms with Crippen molar-refractivity contribution in [2.45, 2.75) is 32.1 Å². The monoisotopic (exact) mass is 259 g/mol. The van der Waals surface area contributed by atoms with Gasteiger partial charge in [-0.05, 0) is 56.3 Å². The van der Waals surface area contributed by atoms with E-state index in [1.54, 1.807) is 0 Å². The molecule has 1 saturated heterocycles. The first kappa shape index (κ1) is 12.7. The molecular formula is C16H21NO2.